The van der Waals surface area contributed by atoms with Gasteiger partial charge in [0.25, 0.3) is 0 Å². The zero-order valence-electron chi connectivity index (χ0n) is 8.97. The maximum absolute atomic E-state index is 3.83. The average Bonchev–Trinajstić information content (AvgIpc) is 2.16. The second-order valence-corrected chi connectivity index (χ2v) is 3.32. The molecule has 0 saturated heterocycles. The van der Waals surface area contributed by atoms with E-state index in [1.165, 1.54) is 32.1 Å². The van der Waals surface area contributed by atoms with E-state index in [1.54, 1.807) is 0 Å². The number of hydrogen-bond donors (Lipinski definition) is 0. The summed E-state index contributed by atoms with van der Waals surface area (Å²) in [5, 5.41) is 0. The molecular formula is C13H23. The van der Waals surface area contributed by atoms with E-state index in [2.05, 4.69) is 38.2 Å². The third-order valence-corrected chi connectivity index (χ3v) is 1.99. The quantitative estimate of drug-likeness (QED) is 0.375. The molecule has 0 amide bonds. The van der Waals surface area contributed by atoms with Crippen molar-refractivity contribution in [3.63, 3.8) is 0 Å². The fourth-order valence-corrected chi connectivity index (χ4v) is 1.18. The van der Waals surface area contributed by atoms with E-state index in [0.717, 1.165) is 12.8 Å². The molecule has 0 heteroatoms. The van der Waals surface area contributed by atoms with Gasteiger partial charge in [-0.15, -0.1) is 0 Å². The zero-order chi connectivity index (χ0) is 9.78. The first kappa shape index (κ1) is 12.5. The molecule has 0 rings (SSSR count). The topological polar surface area (TPSA) is 0 Å². The van der Waals surface area contributed by atoms with E-state index in [1.807, 2.05) is 0 Å². The summed E-state index contributed by atoms with van der Waals surface area (Å²) in [7, 11) is 0. The van der Waals surface area contributed by atoms with Gasteiger partial charge in [0, 0.05) is 0 Å². The molecule has 0 saturated carbocycles. The number of rotatable bonds is 8. The van der Waals surface area contributed by atoms with Crippen LogP contribution in [0.4, 0.5) is 0 Å². The average molecular weight is 179 g/mol. The minimum atomic E-state index is 1.09. The lowest BCUT2D eigenvalue weighted by molar-refractivity contribution is 0.651. The molecule has 0 unspecified atom stereocenters. The normalized spacial score (nSPS) is 11.8. The van der Waals surface area contributed by atoms with Crippen LogP contribution in [0.3, 0.4) is 0 Å². The third-order valence-electron chi connectivity index (χ3n) is 1.99. The Bertz CT molecular complexity index is 131. The minimum Gasteiger partial charge on any atom is -0.0848 e. The molecule has 0 aliphatic heterocycles. The van der Waals surface area contributed by atoms with Crippen LogP contribution in [0, 0.1) is 6.92 Å². The highest BCUT2D eigenvalue weighted by molar-refractivity contribution is 5.01. The van der Waals surface area contributed by atoms with Gasteiger partial charge < -0.3 is 0 Å². The smallest absolute Gasteiger partial charge is 0.0348 e. The maximum Gasteiger partial charge on any atom is -0.0348 e. The fraction of sp³-hybridized carbons (Fsp3) is 0.615. The maximum atomic E-state index is 3.83. The molecule has 0 nitrogen and oxygen atoms in total. The fourth-order valence-electron chi connectivity index (χ4n) is 1.18. The molecule has 0 fully saturated rings. The molecule has 1 radical (unpaired) electrons. The number of hydrogen-bond acceptors (Lipinski definition) is 0. The first-order valence-electron chi connectivity index (χ1n) is 5.52. The van der Waals surface area contributed by atoms with Crippen LogP contribution in [0.1, 0.15) is 51.9 Å². The summed E-state index contributed by atoms with van der Waals surface area (Å²) < 4.78 is 0. The Morgan fingerprint density at radius 1 is 0.923 bits per heavy atom. The van der Waals surface area contributed by atoms with Gasteiger partial charge in [-0.3, -0.25) is 0 Å². The SMILES string of the molecule is [CH2]CCCCCCC=CC=CCC. The van der Waals surface area contributed by atoms with Crippen LogP contribution in [0.5, 0.6) is 0 Å². The molecule has 0 aromatic rings. The summed E-state index contributed by atoms with van der Waals surface area (Å²) in [6, 6.07) is 0. The summed E-state index contributed by atoms with van der Waals surface area (Å²) in [6.07, 6.45) is 17.5. The molecule has 0 spiro atoms. The molecule has 0 aliphatic carbocycles. The van der Waals surface area contributed by atoms with Crippen molar-refractivity contribution < 1.29 is 0 Å². The molecule has 75 valence electrons. The Kier molecular flexibility index (Phi) is 11.0. The Balaban J connectivity index is 3.06. The Hall–Kier alpha value is -0.520. The standard InChI is InChI=1S/C13H23/c1-3-5-7-9-11-13-12-10-8-6-4-2/h6,8,10,12H,1,3-5,7,9,11,13H2,2H3. The van der Waals surface area contributed by atoms with Crippen LogP contribution in [-0.2, 0) is 0 Å². The van der Waals surface area contributed by atoms with Crippen LogP contribution < -0.4 is 0 Å². The molecule has 0 aliphatic rings. The minimum absolute atomic E-state index is 1.09. The lowest BCUT2D eigenvalue weighted by atomic mass is 10.1. The predicted octanol–water partition coefficient (Wildman–Crippen LogP) is 4.68. The van der Waals surface area contributed by atoms with Crippen LogP contribution in [0.25, 0.3) is 0 Å². The van der Waals surface area contributed by atoms with Gasteiger partial charge in [0.05, 0.1) is 0 Å². The Morgan fingerprint density at radius 3 is 2.31 bits per heavy atom. The van der Waals surface area contributed by atoms with Gasteiger partial charge in [-0.25, -0.2) is 0 Å². The lowest BCUT2D eigenvalue weighted by Crippen LogP contribution is -1.75. The summed E-state index contributed by atoms with van der Waals surface area (Å²) in [4.78, 5) is 0. The van der Waals surface area contributed by atoms with Gasteiger partial charge in [0.1, 0.15) is 0 Å². The van der Waals surface area contributed by atoms with E-state index in [0.29, 0.717) is 0 Å². The molecule has 13 heavy (non-hydrogen) atoms. The van der Waals surface area contributed by atoms with Crippen molar-refractivity contribution in [3.05, 3.63) is 31.2 Å². The lowest BCUT2D eigenvalue weighted by Gasteiger charge is -1.95. The van der Waals surface area contributed by atoms with Gasteiger partial charge in [0.15, 0.2) is 0 Å². The van der Waals surface area contributed by atoms with Gasteiger partial charge in [0.2, 0.25) is 0 Å². The second-order valence-electron chi connectivity index (χ2n) is 3.32. The van der Waals surface area contributed by atoms with E-state index in [9.17, 15) is 0 Å². The molecule has 0 aromatic heterocycles. The molecule has 0 N–H and O–H groups in total. The zero-order valence-corrected chi connectivity index (χ0v) is 8.97. The predicted molar refractivity (Wildman–Crippen MR) is 61.6 cm³/mol. The molecule has 0 atom stereocenters. The van der Waals surface area contributed by atoms with Crippen molar-refractivity contribution in [2.75, 3.05) is 0 Å². The monoisotopic (exact) mass is 179 g/mol. The summed E-state index contributed by atoms with van der Waals surface area (Å²) in [5.74, 6) is 0. The summed E-state index contributed by atoms with van der Waals surface area (Å²) >= 11 is 0. The molecule has 0 aromatic carbocycles. The van der Waals surface area contributed by atoms with Crippen LogP contribution in [-0.4, -0.2) is 0 Å². The van der Waals surface area contributed by atoms with Crippen molar-refractivity contribution in [1.29, 1.82) is 0 Å². The summed E-state index contributed by atoms with van der Waals surface area (Å²) in [6.45, 7) is 5.99. The van der Waals surface area contributed by atoms with Crippen molar-refractivity contribution in [1.82, 2.24) is 0 Å². The van der Waals surface area contributed by atoms with Crippen LogP contribution in [0.2, 0.25) is 0 Å². The van der Waals surface area contributed by atoms with E-state index >= 15 is 0 Å². The van der Waals surface area contributed by atoms with Crippen molar-refractivity contribution >= 4 is 0 Å². The van der Waals surface area contributed by atoms with Crippen molar-refractivity contribution in [3.8, 4) is 0 Å². The van der Waals surface area contributed by atoms with Gasteiger partial charge in [-0.2, -0.15) is 0 Å². The van der Waals surface area contributed by atoms with Gasteiger partial charge in [-0.05, 0) is 19.3 Å². The molecular weight excluding hydrogens is 156 g/mol. The van der Waals surface area contributed by atoms with E-state index in [4.69, 9.17) is 0 Å². The molecule has 0 heterocycles. The first-order valence-corrected chi connectivity index (χ1v) is 5.52. The van der Waals surface area contributed by atoms with Gasteiger partial charge >= 0.3 is 0 Å². The van der Waals surface area contributed by atoms with Crippen LogP contribution >= 0.6 is 0 Å². The molecule has 0 bridgehead atoms. The highest BCUT2D eigenvalue weighted by Crippen LogP contribution is 2.05. The van der Waals surface area contributed by atoms with Crippen molar-refractivity contribution in [2.45, 2.75) is 51.9 Å². The van der Waals surface area contributed by atoms with E-state index in [-0.39, 0.29) is 0 Å². The second kappa shape index (κ2) is 11.5. The van der Waals surface area contributed by atoms with E-state index < -0.39 is 0 Å². The first-order chi connectivity index (χ1) is 6.41. The Labute approximate surface area is 83.7 Å². The third kappa shape index (κ3) is 11.5. The highest BCUT2D eigenvalue weighted by Gasteiger charge is 1.85. The summed E-state index contributed by atoms with van der Waals surface area (Å²) in [5.41, 5.74) is 0. The Morgan fingerprint density at radius 2 is 1.62 bits per heavy atom. The van der Waals surface area contributed by atoms with Crippen molar-refractivity contribution in [2.24, 2.45) is 0 Å². The van der Waals surface area contributed by atoms with Crippen LogP contribution in [0.15, 0.2) is 24.3 Å². The largest absolute Gasteiger partial charge is 0.0848 e. The number of allylic oxidation sites excluding steroid dienone is 4. The van der Waals surface area contributed by atoms with Gasteiger partial charge in [-0.1, -0.05) is 63.8 Å². The highest BCUT2D eigenvalue weighted by atomic mass is 13.9. The number of unbranched alkanes of at least 4 members (excludes halogenated alkanes) is 5.